The predicted molar refractivity (Wildman–Crippen MR) is 107 cm³/mol. The first-order chi connectivity index (χ1) is 12.0. The lowest BCUT2D eigenvalue weighted by Crippen LogP contribution is -2.34. The van der Waals surface area contributed by atoms with Gasteiger partial charge in [0.15, 0.2) is 0 Å². The van der Waals surface area contributed by atoms with Crippen molar-refractivity contribution in [2.24, 2.45) is 17.1 Å². The van der Waals surface area contributed by atoms with E-state index >= 15 is 0 Å². The van der Waals surface area contributed by atoms with Crippen LogP contribution in [-0.2, 0) is 4.79 Å². The molecule has 1 aliphatic carbocycles. The maximum absolute atomic E-state index is 12.8. The summed E-state index contributed by atoms with van der Waals surface area (Å²) in [5.41, 5.74) is 7.19. The van der Waals surface area contributed by atoms with E-state index in [2.05, 4.69) is 12.2 Å². The van der Waals surface area contributed by atoms with Crippen molar-refractivity contribution >= 4 is 29.9 Å². The highest BCUT2D eigenvalue weighted by atomic mass is 35.5. The van der Waals surface area contributed by atoms with Gasteiger partial charge in [0.2, 0.25) is 5.91 Å². The summed E-state index contributed by atoms with van der Waals surface area (Å²) in [5.74, 6) is 0.212. The minimum atomic E-state index is 0. The van der Waals surface area contributed by atoms with Crippen molar-refractivity contribution in [3.8, 4) is 0 Å². The monoisotopic (exact) mass is 379 g/mol. The van der Waals surface area contributed by atoms with Crippen molar-refractivity contribution in [2.75, 3.05) is 25.0 Å². The van der Waals surface area contributed by atoms with Gasteiger partial charge in [-0.3, -0.25) is 9.59 Å². The van der Waals surface area contributed by atoms with Crippen LogP contribution in [-0.4, -0.2) is 36.3 Å². The van der Waals surface area contributed by atoms with E-state index < -0.39 is 0 Å². The SMILES string of the molecule is CC1(CN)CCN(C(=O)c2cccc(NC(=O)C3CCCCC3)c2)C1.Cl. The number of hydrogen-bond acceptors (Lipinski definition) is 3. The maximum atomic E-state index is 12.8. The fourth-order valence-corrected chi connectivity index (χ4v) is 3.89. The highest BCUT2D eigenvalue weighted by Crippen LogP contribution is 2.30. The van der Waals surface area contributed by atoms with E-state index in [1.165, 1.54) is 6.42 Å². The molecule has 6 heteroatoms. The third-order valence-electron chi connectivity index (χ3n) is 5.69. The predicted octanol–water partition coefficient (Wildman–Crippen LogP) is 3.44. The van der Waals surface area contributed by atoms with Crippen LogP contribution in [0.25, 0.3) is 0 Å². The summed E-state index contributed by atoms with van der Waals surface area (Å²) in [5, 5.41) is 3.00. The van der Waals surface area contributed by atoms with Crippen molar-refractivity contribution in [3.05, 3.63) is 29.8 Å². The zero-order chi connectivity index (χ0) is 17.9. The lowest BCUT2D eigenvalue weighted by atomic mass is 9.88. The number of benzene rings is 1. The lowest BCUT2D eigenvalue weighted by molar-refractivity contribution is -0.120. The molecule has 5 nitrogen and oxygen atoms in total. The third kappa shape index (κ3) is 4.77. The van der Waals surface area contributed by atoms with E-state index in [4.69, 9.17) is 5.73 Å². The molecule has 144 valence electrons. The van der Waals surface area contributed by atoms with E-state index in [1.807, 2.05) is 23.1 Å². The van der Waals surface area contributed by atoms with Crippen LogP contribution < -0.4 is 11.1 Å². The van der Waals surface area contributed by atoms with E-state index in [0.29, 0.717) is 24.3 Å². The molecule has 1 unspecified atom stereocenters. The van der Waals surface area contributed by atoms with Gasteiger partial charge in [-0.15, -0.1) is 12.4 Å². The lowest BCUT2D eigenvalue weighted by Gasteiger charge is -2.23. The number of anilines is 1. The first kappa shape index (κ1) is 20.7. The zero-order valence-electron chi connectivity index (χ0n) is 15.5. The van der Waals surface area contributed by atoms with Crippen LogP contribution >= 0.6 is 12.4 Å². The summed E-state index contributed by atoms with van der Waals surface area (Å²) in [6.45, 7) is 4.15. The van der Waals surface area contributed by atoms with Crippen molar-refractivity contribution < 1.29 is 9.59 Å². The Kier molecular flexibility index (Phi) is 7.07. The largest absolute Gasteiger partial charge is 0.338 e. The summed E-state index contributed by atoms with van der Waals surface area (Å²) in [6.07, 6.45) is 6.36. The van der Waals surface area contributed by atoms with E-state index in [-0.39, 0.29) is 35.6 Å². The van der Waals surface area contributed by atoms with Gasteiger partial charge in [0.1, 0.15) is 0 Å². The minimum Gasteiger partial charge on any atom is -0.338 e. The van der Waals surface area contributed by atoms with E-state index in [0.717, 1.165) is 38.6 Å². The van der Waals surface area contributed by atoms with Gasteiger partial charge in [-0.2, -0.15) is 0 Å². The molecule has 0 aromatic heterocycles. The van der Waals surface area contributed by atoms with E-state index in [9.17, 15) is 9.59 Å². The second kappa shape index (κ2) is 8.87. The Bertz CT molecular complexity index is 646. The number of nitrogens with two attached hydrogens (primary N) is 1. The van der Waals surface area contributed by atoms with Crippen LogP contribution in [0.3, 0.4) is 0 Å². The smallest absolute Gasteiger partial charge is 0.253 e. The molecule has 0 radical (unpaired) electrons. The van der Waals surface area contributed by atoms with Gasteiger partial charge in [0, 0.05) is 30.3 Å². The number of nitrogens with zero attached hydrogens (tertiary/aromatic N) is 1. The van der Waals surface area contributed by atoms with Crippen molar-refractivity contribution in [3.63, 3.8) is 0 Å². The maximum Gasteiger partial charge on any atom is 0.253 e. The molecule has 1 saturated heterocycles. The van der Waals surface area contributed by atoms with Crippen molar-refractivity contribution in [2.45, 2.75) is 45.4 Å². The Morgan fingerprint density at radius 3 is 2.65 bits per heavy atom. The highest BCUT2D eigenvalue weighted by molar-refractivity contribution is 5.97. The van der Waals surface area contributed by atoms with Crippen LogP contribution in [0.5, 0.6) is 0 Å². The third-order valence-corrected chi connectivity index (χ3v) is 5.69. The topological polar surface area (TPSA) is 75.4 Å². The molecule has 26 heavy (non-hydrogen) atoms. The Balaban J connectivity index is 0.00000243. The number of rotatable bonds is 4. The first-order valence-corrected chi connectivity index (χ1v) is 9.41. The second-order valence-electron chi connectivity index (χ2n) is 7.90. The number of likely N-dealkylation sites (tertiary alicyclic amines) is 1. The number of hydrogen-bond donors (Lipinski definition) is 2. The molecule has 3 rings (SSSR count). The summed E-state index contributed by atoms with van der Waals surface area (Å²) < 4.78 is 0. The van der Waals surface area contributed by atoms with Gasteiger partial charge in [0.05, 0.1) is 0 Å². The van der Waals surface area contributed by atoms with Crippen molar-refractivity contribution in [1.29, 1.82) is 0 Å². The fourth-order valence-electron chi connectivity index (χ4n) is 3.89. The molecule has 2 aliphatic rings. The van der Waals surface area contributed by atoms with Gasteiger partial charge in [-0.25, -0.2) is 0 Å². The van der Waals surface area contributed by atoms with E-state index in [1.54, 1.807) is 6.07 Å². The Morgan fingerprint density at radius 2 is 2.00 bits per heavy atom. The molecule has 0 bridgehead atoms. The number of halogens is 1. The second-order valence-corrected chi connectivity index (χ2v) is 7.90. The highest BCUT2D eigenvalue weighted by Gasteiger charge is 2.35. The standard InChI is InChI=1S/C20H29N3O2.ClH/c1-20(13-21)10-11-23(14-20)19(25)16-8-5-9-17(12-16)22-18(24)15-6-3-2-4-7-15;/h5,8-9,12,15H,2-4,6-7,10-11,13-14,21H2,1H3,(H,22,24);1H. The molecule has 1 heterocycles. The molecule has 3 N–H and O–H groups in total. The summed E-state index contributed by atoms with van der Waals surface area (Å²) in [7, 11) is 0. The average Bonchev–Trinajstić information content (AvgIpc) is 3.05. The molecular weight excluding hydrogens is 350 g/mol. The number of nitrogens with one attached hydrogen (secondary N) is 1. The van der Waals surface area contributed by atoms with Gasteiger partial charge >= 0.3 is 0 Å². The van der Waals surface area contributed by atoms with Crippen LogP contribution in [0.1, 0.15) is 55.8 Å². The van der Waals surface area contributed by atoms with Crippen molar-refractivity contribution in [1.82, 2.24) is 4.90 Å². The van der Waals surface area contributed by atoms with Crippen LogP contribution in [0, 0.1) is 11.3 Å². The van der Waals surface area contributed by atoms with Gasteiger partial charge in [-0.1, -0.05) is 32.3 Å². The molecule has 1 aliphatic heterocycles. The first-order valence-electron chi connectivity index (χ1n) is 9.41. The number of carbonyl (C=O) groups is 2. The molecule has 0 spiro atoms. The molecule has 1 aromatic carbocycles. The number of amides is 2. The molecule has 1 saturated carbocycles. The summed E-state index contributed by atoms with van der Waals surface area (Å²) >= 11 is 0. The molecule has 2 amide bonds. The quantitative estimate of drug-likeness (QED) is 0.841. The van der Waals surface area contributed by atoms with Crippen LogP contribution in [0.15, 0.2) is 24.3 Å². The van der Waals surface area contributed by atoms with Gasteiger partial charge in [0.25, 0.3) is 5.91 Å². The zero-order valence-corrected chi connectivity index (χ0v) is 16.3. The molecule has 2 fully saturated rings. The number of carbonyl (C=O) groups excluding carboxylic acids is 2. The van der Waals surface area contributed by atoms with Gasteiger partial charge < -0.3 is 16.0 Å². The summed E-state index contributed by atoms with van der Waals surface area (Å²) in [4.78, 5) is 27.0. The fraction of sp³-hybridized carbons (Fsp3) is 0.600. The normalized spacial score (nSPS) is 23.4. The molecule has 1 aromatic rings. The average molecular weight is 380 g/mol. The Morgan fingerprint density at radius 1 is 1.27 bits per heavy atom. The van der Waals surface area contributed by atoms with Crippen LogP contribution in [0.4, 0.5) is 5.69 Å². The Labute approximate surface area is 162 Å². The van der Waals surface area contributed by atoms with Gasteiger partial charge in [-0.05, 0) is 49.4 Å². The Hall–Kier alpha value is -1.59. The van der Waals surface area contributed by atoms with Crippen LogP contribution in [0.2, 0.25) is 0 Å². The minimum absolute atomic E-state index is 0. The summed E-state index contributed by atoms with van der Waals surface area (Å²) in [6, 6.07) is 7.30. The molecular formula is C20H30ClN3O2. The molecule has 1 atom stereocenters.